The summed E-state index contributed by atoms with van der Waals surface area (Å²) < 4.78 is 26.4. The zero-order valence-corrected chi connectivity index (χ0v) is 14.8. The van der Waals surface area contributed by atoms with Gasteiger partial charge in [0.15, 0.2) is 0 Å². The lowest BCUT2D eigenvalue weighted by Crippen LogP contribution is -2.22. The van der Waals surface area contributed by atoms with Crippen LogP contribution in [-0.4, -0.2) is 5.11 Å². The Morgan fingerprint density at radius 2 is 1.27 bits per heavy atom. The highest BCUT2D eigenvalue weighted by Gasteiger charge is 2.11. The van der Waals surface area contributed by atoms with E-state index >= 15 is 0 Å². The quantitative estimate of drug-likeness (QED) is 0.632. The monoisotopic (exact) mass is 373 g/mol. The minimum absolute atomic E-state index is 0.130. The topological polar surface area (TPSA) is 23.5 Å². The summed E-state index contributed by atoms with van der Waals surface area (Å²) in [4.78, 5) is 2.06. The molecule has 26 heavy (non-hydrogen) atoms. The fourth-order valence-electron chi connectivity index (χ4n) is 2.72. The molecule has 134 valence electrons. The van der Waals surface area contributed by atoms with E-state index in [1.165, 1.54) is 24.3 Å². The van der Waals surface area contributed by atoms with Gasteiger partial charge in [-0.3, -0.25) is 0 Å². The van der Waals surface area contributed by atoms with E-state index in [4.69, 9.17) is 11.6 Å². The van der Waals surface area contributed by atoms with E-state index < -0.39 is 0 Å². The van der Waals surface area contributed by atoms with Crippen LogP contribution in [0.3, 0.4) is 0 Å². The number of hydrogen-bond acceptors (Lipinski definition) is 2. The SMILES string of the molecule is OCc1ccc(N(Cc2ccc(F)cc2)Cc2ccc(F)cc2)cc1Cl. The van der Waals surface area contributed by atoms with E-state index in [0.717, 1.165) is 16.8 Å². The van der Waals surface area contributed by atoms with E-state index in [0.29, 0.717) is 23.7 Å². The molecule has 0 aliphatic carbocycles. The molecule has 0 aromatic heterocycles. The highest BCUT2D eigenvalue weighted by atomic mass is 35.5. The summed E-state index contributed by atoms with van der Waals surface area (Å²) in [7, 11) is 0. The van der Waals surface area contributed by atoms with Crippen molar-refractivity contribution < 1.29 is 13.9 Å². The molecule has 0 aliphatic rings. The van der Waals surface area contributed by atoms with Crippen LogP contribution in [0, 0.1) is 11.6 Å². The average molecular weight is 374 g/mol. The zero-order chi connectivity index (χ0) is 18.5. The Kier molecular flexibility index (Phi) is 5.86. The van der Waals surface area contributed by atoms with Crippen molar-refractivity contribution in [3.8, 4) is 0 Å². The first-order valence-electron chi connectivity index (χ1n) is 8.18. The Morgan fingerprint density at radius 1 is 0.769 bits per heavy atom. The second-order valence-corrected chi connectivity index (χ2v) is 6.45. The van der Waals surface area contributed by atoms with E-state index in [-0.39, 0.29) is 18.2 Å². The van der Waals surface area contributed by atoms with Gasteiger partial charge >= 0.3 is 0 Å². The Morgan fingerprint density at radius 3 is 1.69 bits per heavy atom. The van der Waals surface area contributed by atoms with Crippen LogP contribution in [0.1, 0.15) is 16.7 Å². The fourth-order valence-corrected chi connectivity index (χ4v) is 2.95. The number of aliphatic hydroxyl groups is 1. The zero-order valence-electron chi connectivity index (χ0n) is 14.0. The van der Waals surface area contributed by atoms with E-state index in [1.54, 1.807) is 36.4 Å². The predicted molar refractivity (Wildman–Crippen MR) is 100 cm³/mol. The van der Waals surface area contributed by atoms with Crippen molar-refractivity contribution >= 4 is 17.3 Å². The fraction of sp³-hybridized carbons (Fsp3) is 0.143. The number of benzene rings is 3. The first-order chi connectivity index (χ1) is 12.5. The lowest BCUT2D eigenvalue weighted by Gasteiger charge is -2.26. The first-order valence-corrected chi connectivity index (χ1v) is 8.56. The molecular formula is C21H18ClF2NO. The summed E-state index contributed by atoms with van der Waals surface area (Å²) in [6.45, 7) is 0.938. The number of hydrogen-bond donors (Lipinski definition) is 1. The van der Waals surface area contributed by atoms with Crippen molar-refractivity contribution in [2.24, 2.45) is 0 Å². The van der Waals surface area contributed by atoms with Crippen LogP contribution in [0.15, 0.2) is 66.7 Å². The third-order valence-corrected chi connectivity index (χ3v) is 4.50. The molecule has 3 aromatic carbocycles. The van der Waals surface area contributed by atoms with Crippen LogP contribution in [0.25, 0.3) is 0 Å². The Balaban J connectivity index is 1.90. The molecule has 5 heteroatoms. The van der Waals surface area contributed by atoms with Gasteiger partial charge in [0, 0.05) is 23.8 Å². The third-order valence-electron chi connectivity index (χ3n) is 4.15. The summed E-state index contributed by atoms with van der Waals surface area (Å²) in [5.41, 5.74) is 3.39. The molecule has 3 aromatic rings. The maximum absolute atomic E-state index is 13.2. The Labute approximate surface area is 156 Å². The highest BCUT2D eigenvalue weighted by molar-refractivity contribution is 6.31. The summed E-state index contributed by atoms with van der Waals surface area (Å²) >= 11 is 6.24. The van der Waals surface area contributed by atoms with E-state index in [2.05, 4.69) is 4.90 Å². The largest absolute Gasteiger partial charge is 0.392 e. The molecule has 0 spiro atoms. The Bertz CT molecular complexity index is 819. The van der Waals surface area contributed by atoms with Crippen LogP contribution in [0.4, 0.5) is 14.5 Å². The van der Waals surface area contributed by atoms with Crippen molar-refractivity contribution in [1.82, 2.24) is 0 Å². The van der Waals surface area contributed by atoms with Crippen LogP contribution in [0.5, 0.6) is 0 Å². The number of nitrogens with zero attached hydrogens (tertiary/aromatic N) is 1. The van der Waals surface area contributed by atoms with E-state index in [9.17, 15) is 13.9 Å². The number of rotatable bonds is 6. The van der Waals surface area contributed by atoms with Gasteiger partial charge in [0.1, 0.15) is 11.6 Å². The maximum Gasteiger partial charge on any atom is 0.123 e. The minimum Gasteiger partial charge on any atom is -0.392 e. The van der Waals surface area contributed by atoms with Gasteiger partial charge in [-0.25, -0.2) is 8.78 Å². The third kappa shape index (κ3) is 4.59. The van der Waals surface area contributed by atoms with Crippen molar-refractivity contribution in [2.75, 3.05) is 4.90 Å². The van der Waals surface area contributed by atoms with Gasteiger partial charge in [-0.2, -0.15) is 0 Å². The van der Waals surface area contributed by atoms with Crippen LogP contribution >= 0.6 is 11.6 Å². The molecule has 0 amide bonds. The van der Waals surface area contributed by atoms with Gasteiger partial charge in [-0.1, -0.05) is 41.9 Å². The summed E-state index contributed by atoms with van der Waals surface area (Å²) in [5.74, 6) is -0.566. The van der Waals surface area contributed by atoms with Gasteiger partial charge in [-0.15, -0.1) is 0 Å². The van der Waals surface area contributed by atoms with Crippen molar-refractivity contribution in [3.63, 3.8) is 0 Å². The molecule has 3 rings (SSSR count). The summed E-state index contributed by atoms with van der Waals surface area (Å²) in [5, 5.41) is 9.78. The predicted octanol–water partition coefficient (Wildman–Crippen LogP) is 5.32. The first kappa shape index (κ1) is 18.4. The second-order valence-electron chi connectivity index (χ2n) is 6.04. The molecule has 2 nitrogen and oxygen atoms in total. The van der Waals surface area contributed by atoms with Gasteiger partial charge in [0.2, 0.25) is 0 Å². The number of anilines is 1. The molecule has 0 aliphatic heterocycles. The summed E-state index contributed by atoms with van der Waals surface area (Å²) in [6, 6.07) is 18.1. The molecule has 0 saturated carbocycles. The standard InChI is InChI=1S/C21H18ClF2NO/c22-21-11-20(10-5-17(21)14-26)25(12-15-1-6-18(23)7-2-15)13-16-3-8-19(24)9-4-16/h1-11,26H,12-14H2. The van der Waals surface area contributed by atoms with Gasteiger partial charge in [0.05, 0.1) is 6.61 Å². The highest BCUT2D eigenvalue weighted by Crippen LogP contribution is 2.26. The molecule has 0 radical (unpaired) electrons. The normalized spacial score (nSPS) is 10.8. The van der Waals surface area contributed by atoms with Crippen molar-refractivity contribution in [3.05, 3.63) is 100 Å². The van der Waals surface area contributed by atoms with Gasteiger partial charge in [0.25, 0.3) is 0 Å². The molecule has 0 fully saturated rings. The molecule has 1 N–H and O–H groups in total. The van der Waals surface area contributed by atoms with E-state index in [1.807, 2.05) is 6.07 Å². The van der Waals surface area contributed by atoms with Crippen LogP contribution in [0.2, 0.25) is 5.02 Å². The van der Waals surface area contributed by atoms with Gasteiger partial charge < -0.3 is 10.0 Å². The Hall–Kier alpha value is -2.43. The minimum atomic E-state index is -0.283. The smallest absolute Gasteiger partial charge is 0.123 e. The van der Waals surface area contributed by atoms with Crippen LogP contribution in [-0.2, 0) is 19.7 Å². The number of halogens is 3. The lowest BCUT2D eigenvalue weighted by molar-refractivity contribution is 0.282. The number of aliphatic hydroxyl groups excluding tert-OH is 1. The van der Waals surface area contributed by atoms with Crippen molar-refractivity contribution in [2.45, 2.75) is 19.7 Å². The average Bonchev–Trinajstić information content (AvgIpc) is 2.64. The summed E-state index contributed by atoms with van der Waals surface area (Å²) in [6.07, 6.45) is 0. The molecule has 0 bridgehead atoms. The molecule has 0 saturated heterocycles. The molecule has 0 atom stereocenters. The lowest BCUT2D eigenvalue weighted by atomic mass is 10.1. The maximum atomic E-state index is 13.2. The second kappa shape index (κ2) is 8.30. The van der Waals surface area contributed by atoms with Crippen LogP contribution < -0.4 is 4.90 Å². The molecule has 0 unspecified atom stereocenters. The molecular weight excluding hydrogens is 356 g/mol. The van der Waals surface area contributed by atoms with Gasteiger partial charge in [-0.05, 0) is 53.1 Å². The molecule has 0 heterocycles. The van der Waals surface area contributed by atoms with Crippen molar-refractivity contribution in [1.29, 1.82) is 0 Å².